The Morgan fingerprint density at radius 2 is 0.622 bits per heavy atom. The number of nitrogens with zero attached hydrogens (tertiary/aromatic N) is 12. The molecule has 14 heteroatoms. The Bertz CT molecular complexity index is 3690. The molecule has 0 saturated carbocycles. The third-order valence-corrected chi connectivity index (χ3v) is 15.0. The Hall–Kier alpha value is -9.16. The van der Waals surface area contributed by atoms with E-state index < -0.39 is 0 Å². The molecule has 0 N–H and O–H groups in total. The van der Waals surface area contributed by atoms with Gasteiger partial charge in [0.05, 0.1) is 11.6 Å². The van der Waals surface area contributed by atoms with Crippen molar-refractivity contribution in [3.63, 3.8) is 0 Å². The monoisotopic (exact) mass is 1540 g/mol. The molecule has 12 nitrogen and oxygen atoms in total. The van der Waals surface area contributed by atoms with Gasteiger partial charge in [0.1, 0.15) is 23.3 Å². The second-order valence-electron chi connectivity index (χ2n) is 22.3. The zero-order valence-corrected chi connectivity index (χ0v) is 56.4. The summed E-state index contributed by atoms with van der Waals surface area (Å²) in [5.41, 5.74) is 14.0. The molecule has 90 heavy (non-hydrogen) atoms. The van der Waals surface area contributed by atoms with Gasteiger partial charge < -0.3 is 28.7 Å². The summed E-state index contributed by atoms with van der Waals surface area (Å²) in [4.78, 5) is 35.1. The van der Waals surface area contributed by atoms with Crippen LogP contribution in [0.4, 0.5) is 46.0 Å². The summed E-state index contributed by atoms with van der Waals surface area (Å²) in [6.45, 7) is 21.9. The van der Waals surface area contributed by atoms with E-state index in [-0.39, 0.29) is 40.2 Å². The fourth-order valence-electron chi connectivity index (χ4n) is 10.8. The van der Waals surface area contributed by atoms with Crippen molar-refractivity contribution in [3.8, 4) is 34.2 Å². The molecule has 0 radical (unpaired) electrons. The molecule has 0 spiro atoms. The minimum atomic E-state index is 0. The maximum atomic E-state index is 4.60. The van der Waals surface area contributed by atoms with Gasteiger partial charge in [-0.3, -0.25) is 9.97 Å². The molecule has 4 aromatic heterocycles. The smallest absolute Gasteiger partial charge is 0.477 e. The van der Waals surface area contributed by atoms with Crippen LogP contribution in [-0.2, 0) is 40.2 Å². The summed E-state index contributed by atoms with van der Waals surface area (Å²) in [6, 6.07) is 78.2. The minimum absolute atomic E-state index is 0. The summed E-state index contributed by atoms with van der Waals surface area (Å²) >= 11 is 0. The number of anilines is 8. The van der Waals surface area contributed by atoms with Gasteiger partial charge in [-0.25, -0.2) is 19.9 Å². The molecule has 0 bridgehead atoms. The van der Waals surface area contributed by atoms with Gasteiger partial charge in [0.15, 0.2) is 0 Å². The first-order valence-electron chi connectivity index (χ1n) is 29.8. The average Bonchev–Trinajstić information content (AvgIpc) is 1.88. The molecule has 0 fully saturated rings. The van der Waals surface area contributed by atoms with Crippen LogP contribution in [0.2, 0.25) is 0 Å². The van der Waals surface area contributed by atoms with Crippen molar-refractivity contribution in [1.82, 2.24) is 39.0 Å². The number of hydrogen-bond acceptors (Lipinski definition) is 10. The van der Waals surface area contributed by atoms with E-state index in [4.69, 9.17) is 0 Å². The van der Waals surface area contributed by atoms with Crippen LogP contribution < -0.4 is 19.6 Å². The van der Waals surface area contributed by atoms with E-state index in [2.05, 4.69) is 180 Å². The van der Waals surface area contributed by atoms with Gasteiger partial charge in [-0.1, -0.05) is 128 Å². The van der Waals surface area contributed by atoms with Crippen molar-refractivity contribution in [2.24, 2.45) is 0 Å². The summed E-state index contributed by atoms with van der Waals surface area (Å²) < 4.78 is 4.44. The zero-order chi connectivity index (χ0) is 60.9. The first-order valence-corrected chi connectivity index (χ1v) is 29.8. The number of benzene rings is 8. The molecule has 0 saturated heterocycles. The largest absolute Gasteiger partial charge is 3.00 e. The molecular formula is C76H70Ir2N12. The minimum Gasteiger partial charge on any atom is -0.477 e. The molecule has 2 aliphatic rings. The third-order valence-electron chi connectivity index (χ3n) is 15.0. The first kappa shape index (κ1) is 65.3. The van der Waals surface area contributed by atoms with Crippen LogP contribution in [0.5, 0.6) is 0 Å². The van der Waals surface area contributed by atoms with Crippen molar-refractivity contribution >= 4 is 46.0 Å². The molecule has 0 atom stereocenters. The summed E-state index contributed by atoms with van der Waals surface area (Å²) in [5.74, 6) is 6.98. The SMILES string of the molecule is CC(C)c1cccc(C(C)C)c1-n1ccnc1-c1[c-]cccc1.CC(C)c1cccc(C(C)C)c1-n1ccnc1-c1[c-]cccc1.[Ir+3].[Ir+3].[c-]1ccccc1N1[CH-]N(c2ccccc2)c2nccnc21.[c-]1ccccc1N1[CH-]N(c2ccccc2)c2nccnc21. The van der Waals surface area contributed by atoms with Gasteiger partial charge in [-0.15, -0.1) is 96.5 Å². The van der Waals surface area contributed by atoms with Crippen LogP contribution >= 0.6 is 0 Å². The van der Waals surface area contributed by atoms with Crippen molar-refractivity contribution in [2.75, 3.05) is 19.6 Å². The van der Waals surface area contributed by atoms with Gasteiger partial charge in [0, 0.05) is 72.3 Å². The van der Waals surface area contributed by atoms with Crippen molar-refractivity contribution < 1.29 is 40.2 Å². The number of rotatable bonds is 12. The second-order valence-corrected chi connectivity index (χ2v) is 22.3. The average molecular weight is 1540 g/mol. The number of fused-ring (bicyclic) bond motifs is 2. The van der Waals surface area contributed by atoms with Crippen LogP contribution in [0.3, 0.4) is 0 Å². The quantitative estimate of drug-likeness (QED) is 0.110. The van der Waals surface area contributed by atoms with Crippen LogP contribution in [0, 0.1) is 37.6 Å². The van der Waals surface area contributed by atoms with E-state index in [0.717, 1.165) is 68.8 Å². The Morgan fingerprint density at radius 3 is 0.922 bits per heavy atom. The van der Waals surface area contributed by atoms with Gasteiger partial charge in [-0.05, 0) is 70.2 Å². The summed E-state index contributed by atoms with van der Waals surface area (Å²) in [5, 5.41) is 0. The van der Waals surface area contributed by atoms with Crippen LogP contribution in [0.1, 0.15) is 101 Å². The van der Waals surface area contributed by atoms with E-state index in [1.807, 2.05) is 191 Å². The Balaban J connectivity index is 0.000000141. The molecule has 6 heterocycles. The molecule has 2 aliphatic heterocycles. The van der Waals surface area contributed by atoms with Crippen LogP contribution in [0.25, 0.3) is 34.2 Å². The predicted octanol–water partition coefficient (Wildman–Crippen LogP) is 18.5. The number of hydrogen-bond donors (Lipinski definition) is 0. The first-order chi connectivity index (χ1) is 43.0. The van der Waals surface area contributed by atoms with E-state index in [1.165, 1.54) is 33.6 Å². The van der Waals surface area contributed by atoms with E-state index in [0.29, 0.717) is 23.7 Å². The van der Waals surface area contributed by atoms with Gasteiger partial charge >= 0.3 is 40.2 Å². The Kier molecular flexibility index (Phi) is 22.4. The molecule has 452 valence electrons. The molecule has 12 aromatic rings. The molecule has 0 amide bonds. The zero-order valence-electron chi connectivity index (χ0n) is 51.6. The van der Waals surface area contributed by atoms with E-state index in [1.54, 1.807) is 24.8 Å². The Morgan fingerprint density at radius 1 is 0.311 bits per heavy atom. The summed E-state index contributed by atoms with van der Waals surface area (Å²) in [6.07, 6.45) is 14.7. The number of para-hydroxylation sites is 6. The van der Waals surface area contributed by atoms with Gasteiger partial charge in [0.2, 0.25) is 0 Å². The van der Waals surface area contributed by atoms with E-state index >= 15 is 0 Å². The van der Waals surface area contributed by atoms with Crippen LogP contribution in [-0.4, -0.2) is 39.0 Å². The maximum absolute atomic E-state index is 4.60. The fraction of sp³-hybridized carbons (Fsp3) is 0.158. The van der Waals surface area contributed by atoms with Gasteiger partial charge in [-0.2, -0.15) is 60.7 Å². The second kappa shape index (κ2) is 30.8. The Labute approximate surface area is 557 Å². The van der Waals surface area contributed by atoms with E-state index in [9.17, 15) is 0 Å². The molecule has 0 aliphatic carbocycles. The van der Waals surface area contributed by atoms with Crippen molar-refractivity contribution in [3.05, 3.63) is 304 Å². The molecule has 0 unspecified atom stereocenters. The van der Waals surface area contributed by atoms with Crippen molar-refractivity contribution in [2.45, 2.75) is 79.1 Å². The third kappa shape index (κ3) is 14.6. The number of aromatic nitrogens is 8. The fourth-order valence-corrected chi connectivity index (χ4v) is 10.8. The standard InChI is InChI=1S/2C21H23N2.2C17H12N4.2Ir/c2*1-15(2)18-11-8-12-19(16(3)4)20(18)23-14-13-22-21(23)17-9-6-5-7-10-17;2*1-3-7-14(8-4-1)20-13-21(15-9-5-2-6-10-15)17-16(20)18-11-12-19-17;;/h2*5-9,11-16H,1-4H3;2*1-9,11-13H;;/q2*-1;2*-2;2*+3. The van der Waals surface area contributed by atoms with Crippen LogP contribution in [0.15, 0.2) is 244 Å². The molecule has 14 rings (SSSR count). The topological polar surface area (TPSA) is 100 Å². The summed E-state index contributed by atoms with van der Waals surface area (Å²) in [7, 11) is 0. The van der Waals surface area contributed by atoms with Crippen molar-refractivity contribution in [1.29, 1.82) is 0 Å². The molecular weight excluding hydrogens is 1470 g/mol. The normalized spacial score (nSPS) is 12.0. The maximum Gasteiger partial charge on any atom is 3.00 e. The number of imidazole rings is 2. The predicted molar refractivity (Wildman–Crippen MR) is 357 cm³/mol. The van der Waals surface area contributed by atoms with Gasteiger partial charge in [0.25, 0.3) is 0 Å². The molecule has 8 aromatic carbocycles.